The fraction of sp³-hybridized carbons (Fsp3) is 0.348. The first-order valence-corrected chi connectivity index (χ1v) is 11.3. The van der Waals surface area contributed by atoms with Crippen LogP contribution in [0.4, 0.5) is 0 Å². The van der Waals surface area contributed by atoms with Crippen molar-refractivity contribution in [2.45, 2.75) is 43.8 Å². The SMILES string of the molecule is C[C@@H]1CCCC[C@H]1NC(=O)CSc1nnc(-c2ccccc2O)n1-c1ccccc1. The predicted molar refractivity (Wildman–Crippen MR) is 119 cm³/mol. The Morgan fingerprint density at radius 2 is 1.83 bits per heavy atom. The molecule has 1 aromatic heterocycles. The van der Waals surface area contributed by atoms with Crippen molar-refractivity contribution >= 4 is 17.7 Å². The van der Waals surface area contributed by atoms with Gasteiger partial charge in [0.1, 0.15) is 5.75 Å². The summed E-state index contributed by atoms with van der Waals surface area (Å²) in [6.07, 6.45) is 4.64. The van der Waals surface area contributed by atoms with Crippen LogP contribution in [-0.2, 0) is 4.79 Å². The number of carbonyl (C=O) groups is 1. The highest BCUT2D eigenvalue weighted by atomic mass is 32.2. The van der Waals surface area contributed by atoms with E-state index in [2.05, 4.69) is 22.4 Å². The summed E-state index contributed by atoms with van der Waals surface area (Å²) in [6.45, 7) is 2.21. The molecule has 1 heterocycles. The van der Waals surface area contributed by atoms with Crippen molar-refractivity contribution in [3.63, 3.8) is 0 Å². The number of aromatic nitrogens is 3. The van der Waals surface area contributed by atoms with Crippen LogP contribution >= 0.6 is 11.8 Å². The number of aromatic hydroxyl groups is 1. The molecule has 6 nitrogen and oxygen atoms in total. The van der Waals surface area contributed by atoms with Crippen LogP contribution in [0.15, 0.2) is 59.8 Å². The van der Waals surface area contributed by atoms with Gasteiger partial charge in [0, 0.05) is 11.7 Å². The van der Waals surface area contributed by atoms with E-state index in [9.17, 15) is 9.90 Å². The minimum atomic E-state index is 0.0190. The first kappa shape index (κ1) is 20.5. The average molecular weight is 423 g/mol. The molecule has 1 aliphatic carbocycles. The van der Waals surface area contributed by atoms with Crippen LogP contribution in [0.2, 0.25) is 0 Å². The topological polar surface area (TPSA) is 80.0 Å². The van der Waals surface area contributed by atoms with Crippen molar-refractivity contribution in [2.75, 3.05) is 5.75 Å². The number of rotatable bonds is 6. The van der Waals surface area contributed by atoms with Gasteiger partial charge in [-0.15, -0.1) is 10.2 Å². The Labute approximate surface area is 180 Å². The van der Waals surface area contributed by atoms with Gasteiger partial charge in [-0.05, 0) is 43.0 Å². The second-order valence-electron chi connectivity index (χ2n) is 7.72. The van der Waals surface area contributed by atoms with Crippen molar-refractivity contribution < 1.29 is 9.90 Å². The van der Waals surface area contributed by atoms with Crippen molar-refractivity contribution in [1.29, 1.82) is 0 Å². The number of carbonyl (C=O) groups excluding carboxylic acids is 1. The fourth-order valence-electron chi connectivity index (χ4n) is 3.92. The van der Waals surface area contributed by atoms with Crippen molar-refractivity contribution in [3.8, 4) is 22.8 Å². The standard InChI is InChI=1S/C23H26N4O2S/c1-16-9-5-7-13-19(16)24-21(29)15-30-23-26-25-22(18-12-6-8-14-20(18)28)27(23)17-10-3-2-4-11-17/h2-4,6,8,10-12,14,16,19,28H,5,7,9,13,15H2,1H3,(H,24,29)/t16-,19-/m1/s1. The van der Waals surface area contributed by atoms with Gasteiger partial charge in [-0.3, -0.25) is 9.36 Å². The summed E-state index contributed by atoms with van der Waals surface area (Å²) in [6, 6.07) is 17.1. The number of nitrogens with zero attached hydrogens (tertiary/aromatic N) is 3. The van der Waals surface area contributed by atoms with Gasteiger partial charge in [-0.1, -0.05) is 61.9 Å². The van der Waals surface area contributed by atoms with E-state index in [0.29, 0.717) is 22.5 Å². The molecule has 0 aliphatic heterocycles. The molecule has 0 spiro atoms. The highest BCUT2D eigenvalue weighted by Crippen LogP contribution is 2.32. The third kappa shape index (κ3) is 4.51. The zero-order valence-corrected chi connectivity index (χ0v) is 17.8. The number of amides is 1. The summed E-state index contributed by atoms with van der Waals surface area (Å²) >= 11 is 1.36. The number of hydrogen-bond donors (Lipinski definition) is 2. The number of benzene rings is 2. The lowest BCUT2D eigenvalue weighted by molar-refractivity contribution is -0.119. The third-order valence-corrected chi connectivity index (χ3v) is 6.51. The van der Waals surface area contributed by atoms with E-state index in [1.807, 2.05) is 47.0 Å². The molecule has 1 saturated carbocycles. The van der Waals surface area contributed by atoms with Gasteiger partial charge in [0.25, 0.3) is 0 Å². The number of phenolic OH excluding ortho intramolecular Hbond substituents is 1. The number of thioether (sulfide) groups is 1. The first-order chi connectivity index (χ1) is 14.6. The number of para-hydroxylation sites is 2. The van der Waals surface area contributed by atoms with Gasteiger partial charge in [-0.25, -0.2) is 0 Å². The Morgan fingerprint density at radius 3 is 2.60 bits per heavy atom. The lowest BCUT2D eigenvalue weighted by atomic mass is 9.86. The zero-order chi connectivity index (χ0) is 20.9. The summed E-state index contributed by atoms with van der Waals surface area (Å²) in [5, 5.41) is 22.8. The molecule has 2 N–H and O–H groups in total. The van der Waals surface area contributed by atoms with Gasteiger partial charge in [-0.2, -0.15) is 0 Å². The van der Waals surface area contributed by atoms with Crippen LogP contribution in [0, 0.1) is 5.92 Å². The molecule has 156 valence electrons. The first-order valence-electron chi connectivity index (χ1n) is 10.3. The highest BCUT2D eigenvalue weighted by Gasteiger charge is 2.24. The number of phenols is 1. The summed E-state index contributed by atoms with van der Waals surface area (Å²) in [7, 11) is 0. The molecule has 1 aliphatic rings. The van der Waals surface area contributed by atoms with E-state index < -0.39 is 0 Å². The molecule has 4 rings (SSSR count). The van der Waals surface area contributed by atoms with Crippen LogP contribution in [-0.4, -0.2) is 37.6 Å². The molecule has 2 atom stereocenters. The van der Waals surface area contributed by atoms with Crippen LogP contribution in [0.5, 0.6) is 5.75 Å². The maximum absolute atomic E-state index is 12.6. The monoisotopic (exact) mass is 422 g/mol. The average Bonchev–Trinajstić information content (AvgIpc) is 3.18. The molecule has 0 bridgehead atoms. The minimum absolute atomic E-state index is 0.0190. The molecule has 3 aromatic rings. The molecule has 30 heavy (non-hydrogen) atoms. The normalized spacial score (nSPS) is 18.8. The van der Waals surface area contributed by atoms with E-state index in [-0.39, 0.29) is 23.5 Å². The van der Waals surface area contributed by atoms with E-state index in [4.69, 9.17) is 0 Å². The molecular weight excluding hydrogens is 396 g/mol. The summed E-state index contributed by atoms with van der Waals surface area (Å²) in [4.78, 5) is 12.6. The van der Waals surface area contributed by atoms with Crippen molar-refractivity contribution in [1.82, 2.24) is 20.1 Å². The summed E-state index contributed by atoms with van der Waals surface area (Å²) in [5.41, 5.74) is 1.48. The van der Waals surface area contributed by atoms with E-state index in [0.717, 1.165) is 12.1 Å². The van der Waals surface area contributed by atoms with Crippen LogP contribution in [0.1, 0.15) is 32.6 Å². The van der Waals surface area contributed by atoms with E-state index in [1.165, 1.54) is 31.0 Å². The smallest absolute Gasteiger partial charge is 0.230 e. The molecule has 0 saturated heterocycles. The molecule has 2 aromatic carbocycles. The largest absolute Gasteiger partial charge is 0.507 e. The Bertz CT molecular complexity index is 1010. The quantitative estimate of drug-likeness (QED) is 0.575. The Balaban J connectivity index is 1.56. The maximum atomic E-state index is 12.6. The highest BCUT2D eigenvalue weighted by molar-refractivity contribution is 7.99. The van der Waals surface area contributed by atoms with Crippen LogP contribution in [0.25, 0.3) is 17.1 Å². The maximum Gasteiger partial charge on any atom is 0.230 e. The Morgan fingerprint density at radius 1 is 1.10 bits per heavy atom. The third-order valence-electron chi connectivity index (χ3n) is 5.58. The molecule has 0 unspecified atom stereocenters. The molecule has 7 heteroatoms. The van der Waals surface area contributed by atoms with Gasteiger partial charge >= 0.3 is 0 Å². The predicted octanol–water partition coefficient (Wildman–Crippen LogP) is 4.43. The lowest BCUT2D eigenvalue weighted by Gasteiger charge is -2.29. The van der Waals surface area contributed by atoms with Crippen LogP contribution in [0.3, 0.4) is 0 Å². The zero-order valence-electron chi connectivity index (χ0n) is 17.0. The van der Waals surface area contributed by atoms with E-state index in [1.54, 1.807) is 12.1 Å². The fourth-order valence-corrected chi connectivity index (χ4v) is 4.68. The van der Waals surface area contributed by atoms with Gasteiger partial charge in [0.15, 0.2) is 11.0 Å². The Kier molecular flexibility index (Phi) is 6.38. The minimum Gasteiger partial charge on any atom is -0.507 e. The number of hydrogen-bond acceptors (Lipinski definition) is 5. The molecule has 0 radical (unpaired) electrons. The summed E-state index contributed by atoms with van der Waals surface area (Å²) < 4.78 is 1.89. The summed E-state index contributed by atoms with van der Waals surface area (Å²) in [5.74, 6) is 1.50. The molecular formula is C23H26N4O2S. The van der Waals surface area contributed by atoms with Gasteiger partial charge < -0.3 is 10.4 Å². The second-order valence-corrected chi connectivity index (χ2v) is 8.66. The number of nitrogens with one attached hydrogen (secondary N) is 1. The second kappa shape index (κ2) is 9.34. The van der Waals surface area contributed by atoms with Crippen molar-refractivity contribution in [2.24, 2.45) is 5.92 Å². The van der Waals surface area contributed by atoms with Gasteiger partial charge in [0.2, 0.25) is 5.91 Å². The van der Waals surface area contributed by atoms with Crippen molar-refractivity contribution in [3.05, 3.63) is 54.6 Å². The van der Waals surface area contributed by atoms with Gasteiger partial charge in [0.05, 0.1) is 11.3 Å². The lowest BCUT2D eigenvalue weighted by Crippen LogP contribution is -2.41. The van der Waals surface area contributed by atoms with Crippen LogP contribution < -0.4 is 5.32 Å². The van der Waals surface area contributed by atoms with E-state index >= 15 is 0 Å². The Hall–Kier alpha value is -2.80. The molecule has 1 fully saturated rings. The molecule has 1 amide bonds.